The van der Waals surface area contributed by atoms with Crippen molar-refractivity contribution in [2.45, 2.75) is 21.3 Å². The summed E-state index contributed by atoms with van der Waals surface area (Å²) in [7, 11) is 0. The van der Waals surface area contributed by atoms with Gasteiger partial charge in [0, 0.05) is 9.37 Å². The van der Waals surface area contributed by atoms with Gasteiger partial charge in [-0.2, -0.15) is 0 Å². The first-order valence-corrected chi connectivity index (χ1v) is 10.6. The molecule has 0 aliphatic carbocycles. The number of carboxylic acid groups (broad SMARTS) is 1. The third-order valence-corrected chi connectivity index (χ3v) is 7.52. The first kappa shape index (κ1) is 17.7. The number of hydrogen-bond donors (Lipinski definition) is 1. The topological polar surface area (TPSA) is 57.6 Å². The summed E-state index contributed by atoms with van der Waals surface area (Å²) < 4.78 is 0.960. The number of rotatable bonds is 4. The average molecular weight is 448 g/mol. The summed E-state index contributed by atoms with van der Waals surface area (Å²) in [5, 5.41) is 9.31. The Morgan fingerprint density at radius 2 is 2.00 bits per heavy atom. The molecule has 2 heterocycles. The maximum Gasteiger partial charge on any atom is 0.352 e. The van der Waals surface area contributed by atoms with E-state index in [-0.39, 0.29) is 21.6 Å². The number of carbonyl (C=O) groups excluding carboxylic acids is 1. The van der Waals surface area contributed by atoms with Gasteiger partial charge in [-0.25, -0.2) is 4.79 Å². The molecule has 1 saturated heterocycles. The van der Waals surface area contributed by atoms with E-state index in [0.717, 1.165) is 20.5 Å². The highest BCUT2D eigenvalue weighted by atomic mass is 79.9. The number of hydrogen-bond acceptors (Lipinski definition) is 4. The molecule has 1 unspecified atom stereocenters. The molecular weight excluding hydrogens is 434 g/mol. The molecule has 1 fully saturated rings. The number of β-lactam (4-membered cyclic amide) rings is 1. The smallest absolute Gasteiger partial charge is 0.352 e. The van der Waals surface area contributed by atoms with Crippen LogP contribution in [0.25, 0.3) is 11.1 Å². The van der Waals surface area contributed by atoms with E-state index in [1.54, 1.807) is 29.6 Å². The van der Waals surface area contributed by atoms with E-state index in [1.165, 1.54) is 4.90 Å². The van der Waals surface area contributed by atoms with Gasteiger partial charge in [0.25, 0.3) is 0 Å². The van der Waals surface area contributed by atoms with Crippen molar-refractivity contribution in [3.63, 3.8) is 0 Å². The highest BCUT2D eigenvalue weighted by Gasteiger charge is 2.45. The molecule has 2 aliphatic rings. The van der Waals surface area contributed by atoms with Gasteiger partial charge in [-0.05, 0) is 29.3 Å². The number of halogens is 1. The summed E-state index contributed by atoms with van der Waals surface area (Å²) in [5.74, 6) is -1.16. The van der Waals surface area contributed by atoms with Gasteiger partial charge in [0.2, 0.25) is 5.91 Å². The summed E-state index contributed by atoms with van der Waals surface area (Å²) in [6.45, 7) is 0. The molecule has 1 N–H and O–H groups in total. The monoisotopic (exact) mass is 447 g/mol. The minimum absolute atomic E-state index is 0.0371. The Morgan fingerprint density at radius 3 is 2.65 bits per heavy atom. The highest BCUT2D eigenvalue weighted by molar-refractivity contribution is 9.10. The molecule has 0 spiro atoms. The quantitative estimate of drug-likeness (QED) is 0.681. The van der Waals surface area contributed by atoms with E-state index < -0.39 is 5.97 Å². The molecule has 2 aromatic carbocycles. The molecule has 2 atom stereocenters. The minimum Gasteiger partial charge on any atom is -0.477 e. The number of thioether (sulfide) groups is 2. The van der Waals surface area contributed by atoms with Gasteiger partial charge in [0.1, 0.15) is 5.70 Å². The van der Waals surface area contributed by atoms with Crippen molar-refractivity contribution in [2.75, 3.05) is 0 Å². The van der Waals surface area contributed by atoms with Gasteiger partial charge in [0.15, 0.2) is 0 Å². The third-order valence-electron chi connectivity index (χ3n) is 4.25. The fourth-order valence-electron chi connectivity index (χ4n) is 2.98. The summed E-state index contributed by atoms with van der Waals surface area (Å²) in [5.41, 5.74) is 2.35. The zero-order chi connectivity index (χ0) is 18.3. The first-order valence-electron chi connectivity index (χ1n) is 7.97. The lowest BCUT2D eigenvalue weighted by atomic mass is 10.1. The fraction of sp³-hybridized carbons (Fsp3) is 0.158. The average Bonchev–Trinajstić information content (AvgIpc) is 2.61. The predicted molar refractivity (Wildman–Crippen MR) is 108 cm³/mol. The van der Waals surface area contributed by atoms with Crippen molar-refractivity contribution in [1.82, 2.24) is 4.90 Å². The van der Waals surface area contributed by atoms with Crippen molar-refractivity contribution in [2.24, 2.45) is 0 Å². The van der Waals surface area contributed by atoms with Crippen LogP contribution in [0.5, 0.6) is 0 Å². The van der Waals surface area contributed by atoms with Crippen LogP contribution < -0.4 is 0 Å². The molecule has 7 heteroatoms. The summed E-state index contributed by atoms with van der Waals surface area (Å²) in [6, 6.07) is 16.3. The normalized spacial score (nSPS) is 21.7. The molecular formula is C19H14BrNO3S2. The minimum atomic E-state index is -1.05. The van der Waals surface area contributed by atoms with Crippen LogP contribution in [-0.2, 0) is 9.59 Å². The van der Waals surface area contributed by atoms with Crippen molar-refractivity contribution in [3.05, 3.63) is 64.8 Å². The Kier molecular flexibility index (Phi) is 4.86. The van der Waals surface area contributed by atoms with Crippen molar-refractivity contribution >= 4 is 51.3 Å². The van der Waals surface area contributed by atoms with E-state index in [4.69, 9.17) is 0 Å². The van der Waals surface area contributed by atoms with E-state index >= 15 is 0 Å². The van der Waals surface area contributed by atoms with Gasteiger partial charge in [-0.3, -0.25) is 9.69 Å². The Balaban J connectivity index is 1.56. The summed E-state index contributed by atoms with van der Waals surface area (Å²) >= 11 is 6.86. The standard InChI is InChI=1S/C19H14BrNO3S2/c20-14-8-12(6-7-13(14)11-4-2-1-3-5-11)25-18-9-15(19(23)24)21-16(22)10-17(21)26-18/h1-9,17-18H,10H2,(H,23,24)/t17-,18?/m1/s1. The third kappa shape index (κ3) is 3.31. The van der Waals surface area contributed by atoms with Gasteiger partial charge in [-0.1, -0.05) is 52.3 Å². The number of nitrogens with zero attached hydrogens (tertiary/aromatic N) is 1. The van der Waals surface area contributed by atoms with Gasteiger partial charge < -0.3 is 5.11 Å². The molecule has 0 aromatic heterocycles. The van der Waals surface area contributed by atoms with E-state index in [2.05, 4.69) is 40.2 Å². The van der Waals surface area contributed by atoms with Crippen molar-refractivity contribution in [1.29, 1.82) is 0 Å². The molecule has 2 aromatic rings. The van der Waals surface area contributed by atoms with Gasteiger partial charge >= 0.3 is 5.97 Å². The molecule has 0 bridgehead atoms. The number of amides is 1. The van der Waals surface area contributed by atoms with E-state index in [1.807, 2.05) is 24.3 Å². The van der Waals surface area contributed by atoms with Gasteiger partial charge in [0.05, 0.1) is 16.4 Å². The number of benzene rings is 2. The SMILES string of the molecule is O=C(O)C1=CC(Sc2ccc(-c3ccccc3)c(Br)c2)S[C@@H]2CC(=O)N12. The second-order valence-corrected chi connectivity index (χ2v) is 9.60. The van der Waals surface area contributed by atoms with E-state index in [9.17, 15) is 14.7 Å². The number of fused-ring (bicyclic) bond motifs is 1. The maximum atomic E-state index is 11.7. The lowest BCUT2D eigenvalue weighted by Crippen LogP contribution is -2.53. The molecule has 1 amide bonds. The summed E-state index contributed by atoms with van der Waals surface area (Å²) in [4.78, 5) is 25.5. The fourth-order valence-corrected chi connectivity index (χ4v) is 6.59. The zero-order valence-electron chi connectivity index (χ0n) is 13.5. The van der Waals surface area contributed by atoms with E-state index in [0.29, 0.717) is 6.42 Å². The molecule has 132 valence electrons. The van der Waals surface area contributed by atoms with Crippen molar-refractivity contribution < 1.29 is 14.7 Å². The maximum absolute atomic E-state index is 11.7. The molecule has 0 saturated carbocycles. The Hall–Kier alpha value is -1.70. The second-order valence-electron chi connectivity index (χ2n) is 5.91. The Morgan fingerprint density at radius 1 is 1.23 bits per heavy atom. The van der Waals surface area contributed by atoms with Crippen LogP contribution in [-0.4, -0.2) is 31.8 Å². The number of carboxylic acids is 1. The highest BCUT2D eigenvalue weighted by Crippen LogP contribution is 2.46. The van der Waals surface area contributed by atoms with Crippen LogP contribution in [0.3, 0.4) is 0 Å². The van der Waals surface area contributed by atoms with Crippen molar-refractivity contribution in [3.8, 4) is 11.1 Å². The van der Waals surface area contributed by atoms with Crippen LogP contribution >= 0.6 is 39.5 Å². The van der Waals surface area contributed by atoms with Crippen LogP contribution in [0.2, 0.25) is 0 Å². The van der Waals surface area contributed by atoms with Crippen LogP contribution in [0, 0.1) is 0 Å². The lowest BCUT2D eigenvalue weighted by Gasteiger charge is -2.44. The van der Waals surface area contributed by atoms with Crippen LogP contribution in [0.15, 0.2) is 69.7 Å². The summed E-state index contributed by atoms with van der Waals surface area (Å²) in [6.07, 6.45) is 2.08. The number of carbonyl (C=O) groups is 2. The largest absolute Gasteiger partial charge is 0.477 e. The van der Waals surface area contributed by atoms with Crippen LogP contribution in [0.4, 0.5) is 0 Å². The van der Waals surface area contributed by atoms with Crippen LogP contribution in [0.1, 0.15) is 6.42 Å². The Labute approximate surface area is 167 Å². The molecule has 2 aliphatic heterocycles. The van der Waals surface area contributed by atoms with Gasteiger partial charge in [-0.15, -0.1) is 23.5 Å². The lowest BCUT2D eigenvalue weighted by molar-refractivity contribution is -0.146. The Bertz CT molecular complexity index is 916. The molecule has 4 nitrogen and oxygen atoms in total. The number of aliphatic carboxylic acids is 1. The molecule has 4 rings (SSSR count). The first-order chi connectivity index (χ1) is 12.5. The molecule has 0 radical (unpaired) electrons. The predicted octanol–water partition coefficient (Wildman–Crippen LogP) is 4.81. The second kappa shape index (κ2) is 7.13. The zero-order valence-corrected chi connectivity index (χ0v) is 16.7. The molecule has 26 heavy (non-hydrogen) atoms.